The Morgan fingerprint density at radius 1 is 1.24 bits per heavy atom. The number of rotatable bonds is 5. The number of nitrogens with zero attached hydrogens (tertiary/aromatic N) is 5. The van der Waals surface area contributed by atoms with E-state index in [1.165, 1.54) is 18.3 Å². The first kappa shape index (κ1) is 24.1. The Bertz CT molecular complexity index is 2100. The molecule has 12 heteroatoms. The number of fused-ring (bicyclic) bond motifs is 4. The normalized spacial score (nSPS) is 29.4. The third kappa shape index (κ3) is 4.47. The summed E-state index contributed by atoms with van der Waals surface area (Å²) < 4.78 is 108. The van der Waals surface area contributed by atoms with Crippen LogP contribution in [0.5, 0.6) is 6.01 Å². The van der Waals surface area contributed by atoms with Gasteiger partial charge in [-0.15, -0.1) is 6.42 Å². The maximum absolute atomic E-state index is 17.0. The summed E-state index contributed by atoms with van der Waals surface area (Å²) in [5.74, 6) is -0.394. The molecule has 0 unspecified atom stereocenters. The van der Waals surface area contributed by atoms with Gasteiger partial charge in [0.1, 0.15) is 41.7 Å². The fraction of sp³-hybridized carbons (Fsp3) is 0.424. The molecule has 8 rings (SSSR count). The number of alkyl halides is 2. The van der Waals surface area contributed by atoms with Crippen molar-refractivity contribution in [2.45, 2.75) is 43.2 Å². The van der Waals surface area contributed by atoms with Crippen LogP contribution < -0.4 is 15.4 Å². The minimum atomic E-state index is -2.50. The molecular formula is C33H30F4N6O2. The summed E-state index contributed by atoms with van der Waals surface area (Å²) in [7, 11) is 0. The van der Waals surface area contributed by atoms with Crippen molar-refractivity contribution >= 4 is 33.2 Å². The van der Waals surface area contributed by atoms with E-state index in [9.17, 15) is 8.78 Å². The number of anilines is 2. The topological polar surface area (TPSA) is 89.6 Å². The maximum atomic E-state index is 17.0. The Hall–Kier alpha value is -4.21. The van der Waals surface area contributed by atoms with Crippen LogP contribution in [0.4, 0.5) is 29.1 Å². The zero-order valence-electron chi connectivity index (χ0n) is 27.9. The van der Waals surface area contributed by atoms with E-state index in [1.54, 1.807) is 9.80 Å². The van der Waals surface area contributed by atoms with E-state index in [1.807, 2.05) is 0 Å². The molecule has 0 amide bonds. The van der Waals surface area contributed by atoms with Gasteiger partial charge in [-0.3, -0.25) is 9.88 Å². The van der Waals surface area contributed by atoms with Gasteiger partial charge >= 0.3 is 6.01 Å². The Morgan fingerprint density at radius 2 is 2.11 bits per heavy atom. The monoisotopic (exact) mass is 622 g/mol. The van der Waals surface area contributed by atoms with Gasteiger partial charge < -0.3 is 20.1 Å². The SMILES string of the molecule is [2H]c1c(F)c(C#C)c2c(-c3ncc4c(N5CCOC[C@H]6[C@H](F)[C@H]65)nc(OC([2H])([2H])[C@@]56CCCN5C[C@H](F)C6)nc4c3F)cc(N)cc2c1[2H]. The average Bonchev–Trinajstić information content (AvgIpc) is 3.42. The predicted molar refractivity (Wildman–Crippen MR) is 161 cm³/mol. The van der Waals surface area contributed by atoms with Crippen molar-refractivity contribution in [1.82, 2.24) is 19.9 Å². The number of hydrogen-bond donors (Lipinski definition) is 1. The van der Waals surface area contributed by atoms with E-state index in [2.05, 4.69) is 20.9 Å². The third-order valence-corrected chi connectivity index (χ3v) is 9.37. The van der Waals surface area contributed by atoms with Gasteiger partial charge in [-0.1, -0.05) is 12.0 Å². The summed E-state index contributed by atoms with van der Waals surface area (Å²) in [6, 6.07) is 0.207. The molecule has 232 valence electrons. The third-order valence-electron chi connectivity index (χ3n) is 9.37. The summed E-state index contributed by atoms with van der Waals surface area (Å²) in [6.45, 7) is -1.38. The second kappa shape index (κ2) is 10.4. The zero-order chi connectivity index (χ0) is 34.6. The van der Waals surface area contributed by atoms with Crippen molar-refractivity contribution < 1.29 is 32.5 Å². The highest BCUT2D eigenvalue weighted by Gasteiger charge is 2.56. The molecule has 4 aliphatic rings. The first-order valence-electron chi connectivity index (χ1n) is 16.8. The van der Waals surface area contributed by atoms with Crippen molar-refractivity contribution in [3.05, 3.63) is 47.6 Å². The molecule has 3 aliphatic heterocycles. The van der Waals surface area contributed by atoms with Crippen LogP contribution in [0.3, 0.4) is 0 Å². The summed E-state index contributed by atoms with van der Waals surface area (Å²) in [5, 5.41) is 0.0133. The van der Waals surface area contributed by atoms with E-state index >= 15 is 8.78 Å². The molecule has 5 atom stereocenters. The lowest BCUT2D eigenvalue weighted by Gasteiger charge is -2.31. The second-order valence-electron chi connectivity index (χ2n) is 12.0. The number of ether oxygens (including phenoxy) is 2. The molecule has 8 nitrogen and oxygen atoms in total. The number of benzene rings is 2. The highest BCUT2D eigenvalue weighted by molar-refractivity contribution is 6.03. The lowest BCUT2D eigenvalue weighted by molar-refractivity contribution is 0.107. The minimum Gasteiger partial charge on any atom is -0.461 e. The fourth-order valence-corrected chi connectivity index (χ4v) is 7.21. The van der Waals surface area contributed by atoms with E-state index < -0.39 is 66.1 Å². The van der Waals surface area contributed by atoms with Crippen molar-refractivity contribution in [2.24, 2.45) is 5.92 Å². The second-order valence-corrected chi connectivity index (χ2v) is 12.0. The Kier molecular flexibility index (Phi) is 5.58. The van der Waals surface area contributed by atoms with Crippen molar-refractivity contribution in [1.29, 1.82) is 0 Å². The van der Waals surface area contributed by atoms with Crippen LogP contribution in [0.2, 0.25) is 0 Å². The first-order chi connectivity index (χ1) is 23.4. The van der Waals surface area contributed by atoms with Gasteiger partial charge in [0.15, 0.2) is 5.82 Å². The molecule has 45 heavy (non-hydrogen) atoms. The van der Waals surface area contributed by atoms with Crippen molar-refractivity contribution in [3.8, 4) is 29.6 Å². The quantitative estimate of drug-likeness (QED) is 0.193. The van der Waals surface area contributed by atoms with Crippen LogP contribution in [-0.4, -0.2) is 83.2 Å². The minimum absolute atomic E-state index is 0.0117. The number of nitrogen functional groups attached to an aromatic ring is 1. The maximum Gasteiger partial charge on any atom is 0.319 e. The Balaban J connectivity index is 1.34. The summed E-state index contributed by atoms with van der Waals surface area (Å²) in [4.78, 5) is 16.5. The van der Waals surface area contributed by atoms with Gasteiger partial charge in [0.05, 0.1) is 41.2 Å². The molecule has 0 bridgehead atoms. The average molecular weight is 623 g/mol. The molecule has 2 aromatic heterocycles. The number of halogens is 4. The van der Waals surface area contributed by atoms with Gasteiger partial charge in [0.25, 0.3) is 0 Å². The van der Waals surface area contributed by atoms with Crippen LogP contribution in [0.25, 0.3) is 32.9 Å². The molecule has 1 saturated carbocycles. The molecule has 4 aromatic rings. The van der Waals surface area contributed by atoms with E-state index in [0.29, 0.717) is 19.4 Å². The van der Waals surface area contributed by atoms with Crippen LogP contribution >= 0.6 is 0 Å². The highest BCUT2D eigenvalue weighted by Crippen LogP contribution is 2.46. The van der Waals surface area contributed by atoms with E-state index in [4.69, 9.17) is 27.1 Å². The zero-order valence-corrected chi connectivity index (χ0v) is 23.9. The molecular weight excluding hydrogens is 588 g/mol. The molecule has 0 spiro atoms. The standard InChI is InChI=1S/C33H30F4N6O2/c1-2-20-24(35)5-4-17-10-19(38)11-21(25(17)20)28-27(37)29-22(13-39-28)31(43-8-9-44-15-23-26(36)30(23)43)41-32(40-29)45-16-33-6-3-7-42(33)14-18(34)12-33/h1,4-5,10-11,13,18,23,26,30H,3,6-9,12,14-16,38H2/t18-,23+,26+,30+,33+/m1/s1/i4D,5D,16D2. The van der Waals surface area contributed by atoms with Crippen molar-refractivity contribution in [3.63, 3.8) is 0 Å². The molecule has 0 radical (unpaired) electrons. The first-order valence-corrected chi connectivity index (χ1v) is 14.8. The number of nitrogens with two attached hydrogens (primary N) is 1. The van der Waals surface area contributed by atoms with Gasteiger partial charge in [0.2, 0.25) is 0 Å². The molecule has 2 N–H and O–H groups in total. The lowest BCUT2D eigenvalue weighted by Crippen LogP contribution is -2.43. The molecule has 4 fully saturated rings. The number of hydrogen-bond acceptors (Lipinski definition) is 8. The molecule has 2 aromatic carbocycles. The van der Waals surface area contributed by atoms with Gasteiger partial charge in [-0.2, -0.15) is 9.97 Å². The summed E-state index contributed by atoms with van der Waals surface area (Å²) >= 11 is 0. The lowest BCUT2D eigenvalue weighted by atomic mass is 9.95. The molecule has 3 saturated heterocycles. The summed E-state index contributed by atoms with van der Waals surface area (Å²) in [6.07, 6.45) is 5.26. The number of pyridine rings is 1. The van der Waals surface area contributed by atoms with Gasteiger partial charge in [-0.05, 0) is 42.9 Å². The number of aromatic nitrogens is 3. The Morgan fingerprint density at radius 3 is 2.96 bits per heavy atom. The van der Waals surface area contributed by atoms with Crippen LogP contribution in [0.1, 0.15) is 30.3 Å². The van der Waals surface area contributed by atoms with Gasteiger partial charge in [0, 0.05) is 48.3 Å². The van der Waals surface area contributed by atoms with Crippen LogP contribution in [0.15, 0.2) is 30.4 Å². The highest BCUT2D eigenvalue weighted by atomic mass is 19.1. The Labute approximate surface area is 262 Å². The van der Waals surface area contributed by atoms with Crippen LogP contribution in [-0.2, 0) is 4.74 Å². The molecule has 1 aliphatic carbocycles. The van der Waals surface area contributed by atoms with Crippen LogP contribution in [0, 0.1) is 29.9 Å². The summed E-state index contributed by atoms with van der Waals surface area (Å²) in [5.41, 5.74) is 3.72. The van der Waals surface area contributed by atoms with Crippen molar-refractivity contribution in [2.75, 3.05) is 50.0 Å². The van der Waals surface area contributed by atoms with Gasteiger partial charge in [-0.25, -0.2) is 17.6 Å². The van der Waals surface area contributed by atoms with E-state index in [-0.39, 0.29) is 82.7 Å². The largest absolute Gasteiger partial charge is 0.461 e. The van der Waals surface area contributed by atoms with E-state index in [0.717, 1.165) is 0 Å². The fourth-order valence-electron chi connectivity index (χ4n) is 7.21. The number of terminal acetylenes is 1. The molecule has 5 heterocycles. The predicted octanol–water partition coefficient (Wildman–Crippen LogP) is 4.82. The smallest absolute Gasteiger partial charge is 0.319 e.